The van der Waals surface area contributed by atoms with E-state index >= 15 is 0 Å². The van der Waals surface area contributed by atoms with Crippen LogP contribution in [0.4, 0.5) is 18.9 Å². The number of hydrogen-bond donors (Lipinski definition) is 2. The molecule has 0 bridgehead atoms. The highest BCUT2D eigenvalue weighted by Gasteiger charge is 2.31. The first-order chi connectivity index (χ1) is 12.8. The van der Waals surface area contributed by atoms with Crippen molar-refractivity contribution >= 4 is 11.6 Å². The number of alkyl halides is 3. The standard InChI is InChI=1S/C18H28F3N3O3/c1-26-11-9-24(10-12-27-2)16(7-4-8-22)17(25)23-15-6-3-5-14(13-15)18(19,20)21/h3,5-6,13,16H,4,7-12,22H2,1-2H3,(H,23,25)/t16-/m0/s1. The van der Waals surface area contributed by atoms with Gasteiger partial charge in [-0.1, -0.05) is 6.07 Å². The number of ether oxygens (including phenoxy) is 2. The van der Waals surface area contributed by atoms with E-state index in [2.05, 4.69) is 5.32 Å². The van der Waals surface area contributed by atoms with Gasteiger partial charge in [0.05, 0.1) is 24.8 Å². The Labute approximate surface area is 157 Å². The number of benzene rings is 1. The van der Waals surface area contributed by atoms with Crippen molar-refractivity contribution in [2.24, 2.45) is 5.73 Å². The van der Waals surface area contributed by atoms with Gasteiger partial charge in [-0.3, -0.25) is 9.69 Å². The molecule has 0 unspecified atom stereocenters. The number of amides is 1. The molecule has 1 aromatic rings. The van der Waals surface area contributed by atoms with E-state index in [-0.39, 0.29) is 11.6 Å². The third-order valence-corrected chi connectivity index (χ3v) is 4.05. The molecule has 0 radical (unpaired) electrons. The van der Waals surface area contributed by atoms with E-state index < -0.39 is 17.8 Å². The third kappa shape index (κ3) is 8.25. The summed E-state index contributed by atoms with van der Waals surface area (Å²) in [5.74, 6) is -0.380. The lowest BCUT2D eigenvalue weighted by Gasteiger charge is -2.30. The average molecular weight is 391 g/mol. The molecule has 0 spiro atoms. The molecule has 6 nitrogen and oxygen atoms in total. The van der Waals surface area contributed by atoms with Crippen molar-refractivity contribution in [3.05, 3.63) is 29.8 Å². The van der Waals surface area contributed by atoms with Crippen LogP contribution in [0.1, 0.15) is 18.4 Å². The van der Waals surface area contributed by atoms with Crippen LogP contribution in [0.2, 0.25) is 0 Å². The molecule has 27 heavy (non-hydrogen) atoms. The van der Waals surface area contributed by atoms with Gasteiger partial charge >= 0.3 is 6.18 Å². The zero-order valence-electron chi connectivity index (χ0n) is 15.7. The lowest BCUT2D eigenvalue weighted by atomic mass is 10.1. The lowest BCUT2D eigenvalue weighted by molar-refractivity contribution is -0.137. The molecule has 1 atom stereocenters. The predicted molar refractivity (Wildman–Crippen MR) is 97.5 cm³/mol. The molecule has 9 heteroatoms. The first-order valence-electron chi connectivity index (χ1n) is 8.73. The Morgan fingerprint density at radius 3 is 2.37 bits per heavy atom. The molecule has 1 rings (SSSR count). The van der Waals surface area contributed by atoms with E-state index in [4.69, 9.17) is 15.2 Å². The topological polar surface area (TPSA) is 76.8 Å². The Hall–Kier alpha value is -1.68. The second-order valence-electron chi connectivity index (χ2n) is 6.04. The fourth-order valence-corrected chi connectivity index (χ4v) is 2.63. The van der Waals surface area contributed by atoms with Crippen molar-refractivity contribution in [3.8, 4) is 0 Å². The summed E-state index contributed by atoms with van der Waals surface area (Å²) in [5, 5.41) is 2.59. The summed E-state index contributed by atoms with van der Waals surface area (Å²) in [6.45, 7) is 2.23. The summed E-state index contributed by atoms with van der Waals surface area (Å²) >= 11 is 0. The number of anilines is 1. The first-order valence-corrected chi connectivity index (χ1v) is 8.73. The summed E-state index contributed by atoms with van der Waals surface area (Å²) in [6, 6.07) is 4.04. The number of nitrogens with zero attached hydrogens (tertiary/aromatic N) is 1. The fraction of sp³-hybridized carbons (Fsp3) is 0.611. The highest BCUT2D eigenvalue weighted by atomic mass is 19.4. The Kier molecular flexibility index (Phi) is 10.3. The van der Waals surface area contributed by atoms with Crippen LogP contribution in [-0.2, 0) is 20.4 Å². The van der Waals surface area contributed by atoms with Crippen LogP contribution in [0.5, 0.6) is 0 Å². The number of hydrogen-bond acceptors (Lipinski definition) is 5. The Morgan fingerprint density at radius 1 is 1.22 bits per heavy atom. The van der Waals surface area contributed by atoms with E-state index in [1.54, 1.807) is 14.2 Å². The summed E-state index contributed by atoms with van der Waals surface area (Å²) < 4.78 is 48.8. The van der Waals surface area contributed by atoms with Gasteiger partial charge < -0.3 is 20.5 Å². The zero-order valence-corrected chi connectivity index (χ0v) is 15.7. The minimum atomic E-state index is -4.47. The number of halogens is 3. The van der Waals surface area contributed by atoms with Gasteiger partial charge in [-0.05, 0) is 37.6 Å². The monoisotopic (exact) mass is 391 g/mol. The average Bonchev–Trinajstić information content (AvgIpc) is 2.63. The molecule has 0 aliphatic heterocycles. The number of carbonyl (C=O) groups is 1. The molecule has 3 N–H and O–H groups in total. The molecule has 0 heterocycles. The van der Waals surface area contributed by atoms with Crippen molar-refractivity contribution < 1.29 is 27.4 Å². The normalized spacial score (nSPS) is 13.0. The van der Waals surface area contributed by atoms with Crippen molar-refractivity contribution in [1.29, 1.82) is 0 Å². The maximum atomic E-state index is 12.9. The zero-order chi connectivity index (χ0) is 20.3. The highest BCUT2D eigenvalue weighted by molar-refractivity contribution is 5.94. The second kappa shape index (κ2) is 11.9. The van der Waals surface area contributed by atoms with Crippen LogP contribution in [0, 0.1) is 0 Å². The molecule has 154 valence electrons. The SMILES string of the molecule is COCCN(CCOC)[C@@H](CCCN)C(=O)Nc1cccc(C(F)(F)F)c1. The maximum absolute atomic E-state index is 12.9. The van der Waals surface area contributed by atoms with E-state index in [0.717, 1.165) is 12.1 Å². The van der Waals surface area contributed by atoms with Crippen LogP contribution in [-0.4, -0.2) is 63.9 Å². The smallest absolute Gasteiger partial charge is 0.383 e. The molecular formula is C18H28F3N3O3. The molecule has 0 fully saturated rings. The van der Waals surface area contributed by atoms with Gasteiger partial charge in [0.25, 0.3) is 0 Å². The van der Waals surface area contributed by atoms with E-state index in [0.29, 0.717) is 45.7 Å². The minimum absolute atomic E-state index is 0.103. The van der Waals surface area contributed by atoms with E-state index in [1.807, 2.05) is 4.90 Å². The Balaban J connectivity index is 2.95. The number of rotatable bonds is 12. The lowest BCUT2D eigenvalue weighted by Crippen LogP contribution is -2.47. The van der Waals surface area contributed by atoms with Gasteiger partial charge in [0.15, 0.2) is 0 Å². The molecular weight excluding hydrogens is 363 g/mol. The van der Waals surface area contributed by atoms with Gasteiger partial charge in [0.2, 0.25) is 5.91 Å². The number of methoxy groups -OCH3 is 2. The second-order valence-corrected chi connectivity index (χ2v) is 6.04. The van der Waals surface area contributed by atoms with Gasteiger partial charge in [-0.2, -0.15) is 13.2 Å². The Morgan fingerprint density at radius 2 is 1.85 bits per heavy atom. The van der Waals surface area contributed by atoms with Crippen LogP contribution in [0.25, 0.3) is 0 Å². The minimum Gasteiger partial charge on any atom is -0.383 e. The van der Waals surface area contributed by atoms with Crippen LogP contribution >= 0.6 is 0 Å². The Bertz CT molecular complexity index is 562. The van der Waals surface area contributed by atoms with Crippen LogP contribution in [0.15, 0.2) is 24.3 Å². The molecule has 1 amide bonds. The first kappa shape index (κ1) is 23.4. The molecule has 0 aliphatic carbocycles. The summed E-state index contributed by atoms with van der Waals surface area (Å²) in [4.78, 5) is 14.7. The van der Waals surface area contributed by atoms with Crippen LogP contribution in [0.3, 0.4) is 0 Å². The van der Waals surface area contributed by atoms with Crippen molar-refractivity contribution in [1.82, 2.24) is 4.90 Å². The quantitative estimate of drug-likeness (QED) is 0.572. The number of nitrogens with two attached hydrogens (primary N) is 1. The van der Waals surface area contributed by atoms with Gasteiger partial charge in [0, 0.05) is 33.0 Å². The highest BCUT2D eigenvalue weighted by Crippen LogP contribution is 2.30. The largest absolute Gasteiger partial charge is 0.416 e. The van der Waals surface area contributed by atoms with Gasteiger partial charge in [-0.25, -0.2) is 0 Å². The molecule has 0 saturated carbocycles. The summed E-state index contributed by atoms with van der Waals surface area (Å²) in [5.41, 5.74) is 4.87. The fourth-order valence-electron chi connectivity index (χ4n) is 2.63. The molecule has 0 saturated heterocycles. The molecule has 0 aromatic heterocycles. The predicted octanol–water partition coefficient (Wildman–Crippen LogP) is 2.35. The third-order valence-electron chi connectivity index (χ3n) is 4.05. The van der Waals surface area contributed by atoms with Gasteiger partial charge in [0.1, 0.15) is 0 Å². The summed E-state index contributed by atoms with van der Waals surface area (Å²) in [7, 11) is 3.12. The molecule has 1 aromatic carbocycles. The number of nitrogens with one attached hydrogen (secondary N) is 1. The van der Waals surface area contributed by atoms with Crippen LogP contribution < -0.4 is 11.1 Å². The van der Waals surface area contributed by atoms with E-state index in [9.17, 15) is 18.0 Å². The van der Waals surface area contributed by atoms with Crippen molar-refractivity contribution in [2.45, 2.75) is 25.1 Å². The molecule has 0 aliphatic rings. The van der Waals surface area contributed by atoms with E-state index in [1.165, 1.54) is 12.1 Å². The number of carbonyl (C=O) groups excluding carboxylic acids is 1. The summed E-state index contributed by atoms with van der Waals surface area (Å²) in [6.07, 6.45) is -3.38. The van der Waals surface area contributed by atoms with Gasteiger partial charge in [-0.15, -0.1) is 0 Å². The van der Waals surface area contributed by atoms with Crippen molar-refractivity contribution in [2.75, 3.05) is 52.4 Å². The maximum Gasteiger partial charge on any atom is 0.416 e. The van der Waals surface area contributed by atoms with Crippen molar-refractivity contribution in [3.63, 3.8) is 0 Å².